The molecule has 0 radical (unpaired) electrons. The van der Waals surface area contributed by atoms with Crippen LogP contribution in [-0.2, 0) is 35.0 Å². The van der Waals surface area contributed by atoms with Crippen LogP contribution in [0.3, 0.4) is 0 Å². The zero-order valence-electron chi connectivity index (χ0n) is 20.3. The molecule has 2 unspecified atom stereocenters. The fourth-order valence-electron chi connectivity index (χ4n) is 3.02. The van der Waals surface area contributed by atoms with Crippen molar-refractivity contribution in [2.45, 2.75) is 52.2 Å². The Morgan fingerprint density at radius 1 is 1.21 bits per heavy atom. The third kappa shape index (κ3) is 12.2. The maximum atomic E-state index is 12.5. The summed E-state index contributed by atoms with van der Waals surface area (Å²) >= 11 is 5.61. The van der Waals surface area contributed by atoms with Crippen LogP contribution in [0.1, 0.15) is 45.2 Å². The van der Waals surface area contributed by atoms with Gasteiger partial charge in [0.25, 0.3) is 10.1 Å². The molecule has 0 aliphatic carbocycles. The second-order valence-electron chi connectivity index (χ2n) is 8.74. The standard InChI is InChI=1S/C24H34ClNO7S/c1-7-31-22(27)20(16-32-34(6,29)30)15-21(26-23(28)33-24(3,4)5)14-18-8-10-19(11-9-18)17(2)12-13-25/h8-13,20-21H,2,7,14-16H2,1,3-6H3,(H,26,28). The number of nitrogens with one attached hydrogen (secondary N) is 1. The Labute approximate surface area is 207 Å². The molecule has 0 spiro atoms. The van der Waals surface area contributed by atoms with Gasteiger partial charge < -0.3 is 14.8 Å². The monoisotopic (exact) mass is 515 g/mol. The summed E-state index contributed by atoms with van der Waals surface area (Å²) in [6.45, 7) is 10.5. The molecule has 10 heteroatoms. The van der Waals surface area contributed by atoms with Crippen molar-refractivity contribution in [1.29, 1.82) is 0 Å². The van der Waals surface area contributed by atoms with E-state index in [1.165, 1.54) is 5.54 Å². The Morgan fingerprint density at radius 2 is 1.82 bits per heavy atom. The zero-order valence-corrected chi connectivity index (χ0v) is 21.9. The van der Waals surface area contributed by atoms with Crippen molar-refractivity contribution in [2.75, 3.05) is 19.5 Å². The van der Waals surface area contributed by atoms with Gasteiger partial charge >= 0.3 is 12.1 Å². The SMILES string of the molecule is C=C(C=CCl)c1ccc(CC(CC(COS(C)(=O)=O)C(=O)OCC)NC(=O)OC(C)(C)C)cc1. The molecule has 0 saturated carbocycles. The van der Waals surface area contributed by atoms with E-state index in [2.05, 4.69) is 11.9 Å². The Balaban J connectivity index is 3.12. The van der Waals surface area contributed by atoms with Crippen molar-refractivity contribution < 1.29 is 31.7 Å². The van der Waals surface area contributed by atoms with Crippen LogP contribution < -0.4 is 5.32 Å². The van der Waals surface area contributed by atoms with Gasteiger partial charge in [0, 0.05) is 11.6 Å². The fraction of sp³-hybridized carbons (Fsp3) is 0.500. The van der Waals surface area contributed by atoms with Crippen LogP contribution in [0.25, 0.3) is 5.57 Å². The maximum absolute atomic E-state index is 12.5. The van der Waals surface area contributed by atoms with E-state index < -0.39 is 46.3 Å². The molecule has 8 nitrogen and oxygen atoms in total. The van der Waals surface area contributed by atoms with Crippen LogP contribution in [0, 0.1) is 5.92 Å². The van der Waals surface area contributed by atoms with Gasteiger partial charge in [0.2, 0.25) is 0 Å². The third-order valence-corrected chi connectivity index (χ3v) is 5.15. The lowest BCUT2D eigenvalue weighted by atomic mass is 9.94. The predicted octanol–water partition coefficient (Wildman–Crippen LogP) is 4.43. The largest absolute Gasteiger partial charge is 0.466 e. The Bertz CT molecular complexity index is 966. The highest BCUT2D eigenvalue weighted by Crippen LogP contribution is 2.19. The minimum absolute atomic E-state index is 0.0804. The van der Waals surface area contributed by atoms with E-state index in [0.29, 0.717) is 6.42 Å². The number of esters is 1. The topological polar surface area (TPSA) is 108 Å². The van der Waals surface area contributed by atoms with Gasteiger partial charge in [-0.05, 0) is 63.3 Å². The number of benzene rings is 1. The second-order valence-corrected chi connectivity index (χ2v) is 10.6. The number of halogens is 1. The van der Waals surface area contributed by atoms with E-state index in [0.717, 1.165) is 23.0 Å². The number of carbonyl (C=O) groups is 2. The number of hydrogen-bond acceptors (Lipinski definition) is 7. The van der Waals surface area contributed by atoms with Crippen molar-refractivity contribution in [3.05, 3.63) is 53.6 Å². The van der Waals surface area contributed by atoms with Gasteiger partial charge in [0.05, 0.1) is 25.4 Å². The predicted molar refractivity (Wildman–Crippen MR) is 133 cm³/mol. The van der Waals surface area contributed by atoms with Gasteiger partial charge in [-0.25, -0.2) is 4.79 Å². The fourth-order valence-corrected chi connectivity index (χ4v) is 3.58. The number of ether oxygens (including phenoxy) is 2. The third-order valence-electron chi connectivity index (χ3n) is 4.46. The summed E-state index contributed by atoms with van der Waals surface area (Å²) < 4.78 is 38.3. The van der Waals surface area contributed by atoms with Crippen molar-refractivity contribution in [1.82, 2.24) is 5.32 Å². The van der Waals surface area contributed by atoms with E-state index >= 15 is 0 Å². The van der Waals surface area contributed by atoms with Gasteiger partial charge in [-0.3, -0.25) is 8.98 Å². The first-order valence-corrected chi connectivity index (χ1v) is 13.0. The first kappa shape index (κ1) is 29.7. The number of amides is 1. The van der Waals surface area contributed by atoms with E-state index in [1.807, 2.05) is 24.3 Å². The van der Waals surface area contributed by atoms with E-state index in [-0.39, 0.29) is 13.0 Å². The van der Waals surface area contributed by atoms with Gasteiger partial charge in [0.1, 0.15) is 5.60 Å². The summed E-state index contributed by atoms with van der Waals surface area (Å²) in [7, 11) is -3.77. The van der Waals surface area contributed by atoms with Crippen molar-refractivity contribution in [3.8, 4) is 0 Å². The molecule has 1 aromatic rings. The van der Waals surface area contributed by atoms with E-state index in [4.69, 9.17) is 25.3 Å². The lowest BCUT2D eigenvalue weighted by molar-refractivity contribution is -0.149. The minimum atomic E-state index is -3.77. The van der Waals surface area contributed by atoms with Crippen LogP contribution in [0.5, 0.6) is 0 Å². The lowest BCUT2D eigenvalue weighted by Gasteiger charge is -2.26. The highest BCUT2D eigenvalue weighted by atomic mass is 35.5. The average Bonchev–Trinajstić information content (AvgIpc) is 2.69. The number of alkyl carbamates (subject to hydrolysis) is 1. The normalized spacial score (nSPS) is 13.8. The summed E-state index contributed by atoms with van der Waals surface area (Å²) in [6, 6.07) is 6.92. The first-order chi connectivity index (χ1) is 15.7. The summed E-state index contributed by atoms with van der Waals surface area (Å²) in [5, 5.41) is 2.78. The number of allylic oxidation sites excluding steroid dienone is 2. The Kier molecular flexibility index (Phi) is 11.8. The Morgan fingerprint density at radius 3 is 2.32 bits per heavy atom. The molecule has 2 atom stereocenters. The van der Waals surface area contributed by atoms with Gasteiger partial charge in [0.15, 0.2) is 0 Å². The molecule has 1 N–H and O–H groups in total. The highest BCUT2D eigenvalue weighted by Gasteiger charge is 2.28. The van der Waals surface area contributed by atoms with Gasteiger partial charge in [-0.15, -0.1) is 0 Å². The molecule has 1 rings (SSSR count). The minimum Gasteiger partial charge on any atom is -0.466 e. The number of hydrogen-bond donors (Lipinski definition) is 1. The van der Waals surface area contributed by atoms with Crippen LogP contribution in [0.4, 0.5) is 4.79 Å². The van der Waals surface area contributed by atoms with Crippen LogP contribution >= 0.6 is 11.6 Å². The molecule has 0 aromatic heterocycles. The smallest absolute Gasteiger partial charge is 0.407 e. The van der Waals surface area contributed by atoms with E-state index in [1.54, 1.807) is 33.8 Å². The maximum Gasteiger partial charge on any atom is 0.407 e. The molecule has 0 aliphatic heterocycles. The summed E-state index contributed by atoms with van der Waals surface area (Å²) in [5.41, 5.74) is 3.16. The van der Waals surface area contributed by atoms with Crippen molar-refractivity contribution in [3.63, 3.8) is 0 Å². The number of carbonyl (C=O) groups excluding carboxylic acids is 2. The van der Waals surface area contributed by atoms with Crippen molar-refractivity contribution in [2.24, 2.45) is 5.92 Å². The summed E-state index contributed by atoms with van der Waals surface area (Å²) in [4.78, 5) is 24.9. The average molecular weight is 516 g/mol. The molecule has 1 aromatic carbocycles. The molecule has 0 fully saturated rings. The van der Waals surface area contributed by atoms with Crippen molar-refractivity contribution >= 4 is 39.4 Å². The lowest BCUT2D eigenvalue weighted by Crippen LogP contribution is -2.42. The first-order valence-electron chi connectivity index (χ1n) is 10.8. The molecule has 34 heavy (non-hydrogen) atoms. The second kappa shape index (κ2) is 13.5. The molecule has 0 bridgehead atoms. The quantitative estimate of drug-likeness (QED) is 0.249. The molecule has 0 heterocycles. The molecule has 0 aliphatic rings. The Hall–Kier alpha value is -2.36. The molecule has 190 valence electrons. The zero-order chi connectivity index (χ0) is 25.9. The van der Waals surface area contributed by atoms with Crippen LogP contribution in [-0.4, -0.2) is 51.6 Å². The van der Waals surface area contributed by atoms with Crippen LogP contribution in [0.2, 0.25) is 0 Å². The molecular formula is C24H34ClNO7S. The summed E-state index contributed by atoms with van der Waals surface area (Å²) in [6.07, 6.45) is 2.36. The summed E-state index contributed by atoms with van der Waals surface area (Å²) in [5.74, 6) is -1.52. The van der Waals surface area contributed by atoms with E-state index in [9.17, 15) is 18.0 Å². The van der Waals surface area contributed by atoms with Gasteiger partial charge in [-0.2, -0.15) is 8.42 Å². The van der Waals surface area contributed by atoms with Crippen LogP contribution in [0.15, 0.2) is 42.5 Å². The highest BCUT2D eigenvalue weighted by molar-refractivity contribution is 7.85. The van der Waals surface area contributed by atoms with Gasteiger partial charge in [-0.1, -0.05) is 42.4 Å². The number of rotatable bonds is 12. The molecular weight excluding hydrogens is 482 g/mol. The molecule has 1 amide bonds. The molecule has 0 saturated heterocycles.